The Morgan fingerprint density at radius 3 is 2.79 bits per heavy atom. The Bertz CT molecular complexity index is 581. The van der Waals surface area contributed by atoms with Gasteiger partial charge in [-0.3, -0.25) is 4.79 Å². The van der Waals surface area contributed by atoms with E-state index in [0.29, 0.717) is 10.4 Å². The van der Waals surface area contributed by atoms with Gasteiger partial charge in [0, 0.05) is 24.1 Å². The summed E-state index contributed by atoms with van der Waals surface area (Å²) in [5, 5.41) is 4.26. The molecule has 1 aromatic carbocycles. The van der Waals surface area contributed by atoms with Crippen LogP contribution in [-0.4, -0.2) is 38.5 Å². The third-order valence-corrected chi connectivity index (χ3v) is 4.02. The number of nitrogens with zero attached hydrogens (tertiary/aromatic N) is 3. The van der Waals surface area contributed by atoms with Crippen LogP contribution in [0.5, 0.6) is 0 Å². The van der Waals surface area contributed by atoms with Crippen LogP contribution in [0.25, 0.3) is 5.69 Å². The molecule has 4 nitrogen and oxygen atoms in total. The van der Waals surface area contributed by atoms with Gasteiger partial charge in [0.2, 0.25) is 0 Å². The quantitative estimate of drug-likeness (QED) is 0.798. The highest BCUT2D eigenvalue weighted by Gasteiger charge is 2.25. The van der Waals surface area contributed by atoms with Crippen molar-refractivity contribution in [3.63, 3.8) is 0 Å². The molecular formula is C14H14BrN3O. The first-order chi connectivity index (χ1) is 9.24. The predicted molar refractivity (Wildman–Crippen MR) is 76.8 cm³/mol. The van der Waals surface area contributed by atoms with Gasteiger partial charge in [-0.2, -0.15) is 5.10 Å². The smallest absolute Gasteiger partial charge is 0.257 e. The maximum Gasteiger partial charge on any atom is 0.257 e. The first-order valence-electron chi connectivity index (χ1n) is 6.27. The number of hydrogen-bond acceptors (Lipinski definition) is 2. The number of likely N-dealkylation sites (tertiary alicyclic amines) is 1. The van der Waals surface area contributed by atoms with Gasteiger partial charge in [0.05, 0.1) is 17.4 Å². The second-order valence-corrected chi connectivity index (χ2v) is 5.94. The van der Waals surface area contributed by atoms with Crippen LogP contribution in [0.2, 0.25) is 0 Å². The zero-order chi connectivity index (χ0) is 13.2. The van der Waals surface area contributed by atoms with Crippen molar-refractivity contribution in [1.29, 1.82) is 0 Å². The summed E-state index contributed by atoms with van der Waals surface area (Å²) in [4.78, 5) is 14.6. The monoisotopic (exact) mass is 319 g/mol. The van der Waals surface area contributed by atoms with Gasteiger partial charge in [0.25, 0.3) is 5.91 Å². The lowest BCUT2D eigenvalue weighted by Crippen LogP contribution is -2.28. The molecule has 2 aromatic rings. The summed E-state index contributed by atoms with van der Waals surface area (Å²) in [5.41, 5.74) is 1.60. The Labute approximate surface area is 120 Å². The van der Waals surface area contributed by atoms with Crippen LogP contribution in [0.4, 0.5) is 0 Å². The minimum atomic E-state index is 0.0594. The zero-order valence-corrected chi connectivity index (χ0v) is 12.0. The molecule has 0 spiro atoms. The number of rotatable bonds is 2. The fraction of sp³-hybridized carbons (Fsp3) is 0.286. The van der Waals surface area contributed by atoms with Crippen molar-refractivity contribution in [2.24, 2.45) is 0 Å². The van der Waals surface area contributed by atoms with Gasteiger partial charge in [0.1, 0.15) is 0 Å². The molecule has 1 atom stereocenters. The number of halogens is 1. The van der Waals surface area contributed by atoms with Gasteiger partial charge in [-0.25, -0.2) is 4.68 Å². The van der Waals surface area contributed by atoms with Gasteiger partial charge in [-0.05, 0) is 18.6 Å². The number of carbonyl (C=O) groups excluding carboxylic acids is 1. The summed E-state index contributed by atoms with van der Waals surface area (Å²) >= 11 is 3.55. The van der Waals surface area contributed by atoms with Crippen molar-refractivity contribution >= 4 is 21.8 Å². The topological polar surface area (TPSA) is 38.1 Å². The lowest BCUT2D eigenvalue weighted by atomic mass is 10.3. The number of alkyl halides is 1. The van der Waals surface area contributed by atoms with Crippen LogP contribution in [-0.2, 0) is 0 Å². The van der Waals surface area contributed by atoms with E-state index in [1.165, 1.54) is 0 Å². The normalized spacial score (nSPS) is 18.8. The minimum absolute atomic E-state index is 0.0594. The summed E-state index contributed by atoms with van der Waals surface area (Å²) in [7, 11) is 0. The molecule has 0 radical (unpaired) electrons. The van der Waals surface area contributed by atoms with E-state index in [-0.39, 0.29) is 5.91 Å². The summed E-state index contributed by atoms with van der Waals surface area (Å²) in [5.74, 6) is 0.0594. The maximum atomic E-state index is 12.3. The summed E-state index contributed by atoms with van der Waals surface area (Å²) < 4.78 is 1.73. The Morgan fingerprint density at radius 1 is 1.32 bits per heavy atom. The molecule has 1 fully saturated rings. The van der Waals surface area contributed by atoms with Crippen LogP contribution >= 0.6 is 15.9 Å². The van der Waals surface area contributed by atoms with E-state index in [1.807, 2.05) is 35.2 Å². The van der Waals surface area contributed by atoms with E-state index in [0.717, 1.165) is 25.2 Å². The summed E-state index contributed by atoms with van der Waals surface area (Å²) in [6, 6.07) is 9.79. The van der Waals surface area contributed by atoms with Crippen LogP contribution in [0.15, 0.2) is 42.7 Å². The fourth-order valence-corrected chi connectivity index (χ4v) is 2.79. The third kappa shape index (κ3) is 2.56. The molecule has 1 amide bonds. The molecule has 1 aliphatic heterocycles. The zero-order valence-electron chi connectivity index (χ0n) is 10.4. The molecule has 0 saturated carbocycles. The minimum Gasteiger partial charge on any atom is -0.337 e. The number of benzene rings is 1. The molecule has 19 heavy (non-hydrogen) atoms. The standard InChI is InChI=1S/C14H14BrN3O/c15-12-6-7-17(10-12)14(19)11-8-16-18(9-11)13-4-2-1-3-5-13/h1-5,8-9,12H,6-7,10H2. The molecule has 98 valence electrons. The molecule has 5 heteroatoms. The molecule has 1 unspecified atom stereocenters. The van der Waals surface area contributed by atoms with Gasteiger partial charge < -0.3 is 4.90 Å². The van der Waals surface area contributed by atoms with E-state index < -0.39 is 0 Å². The number of carbonyl (C=O) groups is 1. The van der Waals surface area contributed by atoms with Crippen molar-refractivity contribution in [2.45, 2.75) is 11.2 Å². The Kier molecular flexibility index (Phi) is 3.38. The van der Waals surface area contributed by atoms with Gasteiger partial charge in [0.15, 0.2) is 0 Å². The first kappa shape index (κ1) is 12.4. The first-order valence-corrected chi connectivity index (χ1v) is 7.19. The lowest BCUT2D eigenvalue weighted by molar-refractivity contribution is 0.0793. The number of amides is 1. The van der Waals surface area contributed by atoms with Crippen molar-refractivity contribution < 1.29 is 4.79 Å². The molecule has 1 aliphatic rings. The number of para-hydroxylation sites is 1. The van der Waals surface area contributed by atoms with Crippen molar-refractivity contribution in [3.05, 3.63) is 48.3 Å². The highest BCUT2D eigenvalue weighted by molar-refractivity contribution is 9.09. The fourth-order valence-electron chi connectivity index (χ4n) is 2.24. The second-order valence-electron chi connectivity index (χ2n) is 4.65. The lowest BCUT2D eigenvalue weighted by Gasteiger charge is -2.13. The third-order valence-electron chi connectivity index (χ3n) is 3.27. The highest BCUT2D eigenvalue weighted by Crippen LogP contribution is 2.19. The summed E-state index contributed by atoms with van der Waals surface area (Å²) in [6.07, 6.45) is 4.44. The Hall–Kier alpha value is -1.62. The summed E-state index contributed by atoms with van der Waals surface area (Å²) in [6.45, 7) is 1.58. The van der Waals surface area contributed by atoms with Crippen molar-refractivity contribution in [1.82, 2.24) is 14.7 Å². The average molecular weight is 320 g/mol. The molecule has 2 heterocycles. The maximum absolute atomic E-state index is 12.3. The van der Waals surface area contributed by atoms with E-state index >= 15 is 0 Å². The average Bonchev–Trinajstić information content (AvgIpc) is 3.08. The molecule has 0 N–H and O–H groups in total. The van der Waals surface area contributed by atoms with Crippen LogP contribution in [0.1, 0.15) is 16.8 Å². The van der Waals surface area contributed by atoms with E-state index in [1.54, 1.807) is 17.1 Å². The Morgan fingerprint density at radius 2 is 2.11 bits per heavy atom. The molecule has 3 rings (SSSR count). The largest absolute Gasteiger partial charge is 0.337 e. The van der Waals surface area contributed by atoms with E-state index in [9.17, 15) is 4.79 Å². The Balaban J connectivity index is 1.80. The van der Waals surface area contributed by atoms with E-state index in [2.05, 4.69) is 21.0 Å². The molecule has 0 aliphatic carbocycles. The highest BCUT2D eigenvalue weighted by atomic mass is 79.9. The molecule has 1 aromatic heterocycles. The van der Waals surface area contributed by atoms with Crippen molar-refractivity contribution in [3.8, 4) is 5.69 Å². The molecular weight excluding hydrogens is 306 g/mol. The van der Waals surface area contributed by atoms with Crippen LogP contribution in [0.3, 0.4) is 0 Å². The van der Waals surface area contributed by atoms with Gasteiger partial charge >= 0.3 is 0 Å². The van der Waals surface area contributed by atoms with E-state index in [4.69, 9.17) is 0 Å². The number of hydrogen-bond donors (Lipinski definition) is 0. The van der Waals surface area contributed by atoms with Crippen LogP contribution in [0, 0.1) is 0 Å². The SMILES string of the molecule is O=C(c1cnn(-c2ccccc2)c1)N1CCC(Br)C1. The predicted octanol–water partition coefficient (Wildman–Crippen LogP) is 2.48. The van der Waals surface area contributed by atoms with Crippen LogP contribution < -0.4 is 0 Å². The van der Waals surface area contributed by atoms with Crippen molar-refractivity contribution in [2.75, 3.05) is 13.1 Å². The molecule has 0 bridgehead atoms. The van der Waals surface area contributed by atoms with Gasteiger partial charge in [-0.1, -0.05) is 34.1 Å². The second kappa shape index (κ2) is 5.17. The van der Waals surface area contributed by atoms with Gasteiger partial charge in [-0.15, -0.1) is 0 Å². The molecule has 1 saturated heterocycles. The number of aromatic nitrogens is 2.